The zero-order valence-corrected chi connectivity index (χ0v) is 9.69. The van der Waals surface area contributed by atoms with Gasteiger partial charge in [-0.25, -0.2) is 9.78 Å². The lowest BCUT2D eigenvalue weighted by molar-refractivity contribution is 0.458. The smallest absolute Gasteiger partial charge is 0.419 e. The lowest BCUT2D eigenvalue weighted by Gasteiger charge is -1.96. The van der Waals surface area contributed by atoms with E-state index in [4.69, 9.17) is 4.42 Å². The van der Waals surface area contributed by atoms with Crippen LogP contribution in [0.1, 0.15) is 0 Å². The minimum Gasteiger partial charge on any atom is -0.493 e. The number of aryl methyl sites for hydroxylation is 1. The molecule has 0 fully saturated rings. The van der Waals surface area contributed by atoms with Crippen LogP contribution in [0.2, 0.25) is 0 Å². The predicted octanol–water partition coefficient (Wildman–Crippen LogP) is 1.96. The molecule has 0 radical (unpaired) electrons. The predicted molar refractivity (Wildman–Crippen MR) is 64.2 cm³/mol. The van der Waals surface area contributed by atoms with Crippen molar-refractivity contribution < 1.29 is 9.52 Å². The van der Waals surface area contributed by atoms with Gasteiger partial charge in [-0.3, -0.25) is 4.57 Å². The Bertz CT molecular complexity index is 754. The normalized spacial score (nSPS) is 11.1. The fourth-order valence-electron chi connectivity index (χ4n) is 1.66. The standard InChI is InChI=1S/C11H8N2O3S/c1-13-7-4-6(10-12-9(14)5-17-10)2-3-8(7)16-11(13)15/h2-5,14H,1H3. The highest BCUT2D eigenvalue weighted by atomic mass is 32.1. The lowest BCUT2D eigenvalue weighted by Crippen LogP contribution is -2.08. The van der Waals surface area contributed by atoms with E-state index in [0.717, 1.165) is 5.56 Å². The first-order chi connectivity index (χ1) is 8.15. The molecule has 2 aromatic heterocycles. The fourth-order valence-corrected chi connectivity index (χ4v) is 2.34. The summed E-state index contributed by atoms with van der Waals surface area (Å²) in [5, 5.41) is 11.5. The molecule has 6 heteroatoms. The highest BCUT2D eigenvalue weighted by Gasteiger charge is 2.09. The van der Waals surface area contributed by atoms with Crippen LogP contribution in [0.25, 0.3) is 21.7 Å². The Kier molecular flexibility index (Phi) is 2.05. The van der Waals surface area contributed by atoms with Crippen LogP contribution in [0.15, 0.2) is 32.8 Å². The summed E-state index contributed by atoms with van der Waals surface area (Å²) in [4.78, 5) is 15.3. The van der Waals surface area contributed by atoms with E-state index in [9.17, 15) is 9.90 Å². The average Bonchev–Trinajstić information content (AvgIpc) is 2.85. The van der Waals surface area contributed by atoms with Crippen molar-refractivity contribution in [3.05, 3.63) is 34.1 Å². The van der Waals surface area contributed by atoms with Gasteiger partial charge in [0.1, 0.15) is 5.01 Å². The van der Waals surface area contributed by atoms with Crippen molar-refractivity contribution in [1.29, 1.82) is 0 Å². The first-order valence-electron chi connectivity index (χ1n) is 4.89. The van der Waals surface area contributed by atoms with Crippen LogP contribution in [-0.4, -0.2) is 14.7 Å². The minimum absolute atomic E-state index is 0.00572. The topological polar surface area (TPSA) is 68.3 Å². The van der Waals surface area contributed by atoms with Crippen LogP contribution in [0.3, 0.4) is 0 Å². The largest absolute Gasteiger partial charge is 0.493 e. The van der Waals surface area contributed by atoms with E-state index in [1.807, 2.05) is 12.1 Å². The third-order valence-corrected chi connectivity index (χ3v) is 3.41. The van der Waals surface area contributed by atoms with Crippen molar-refractivity contribution in [3.8, 4) is 16.5 Å². The van der Waals surface area contributed by atoms with E-state index < -0.39 is 0 Å². The van der Waals surface area contributed by atoms with Gasteiger partial charge in [-0.15, -0.1) is 11.3 Å². The molecule has 0 aliphatic rings. The minimum atomic E-state index is -0.390. The van der Waals surface area contributed by atoms with Crippen LogP contribution in [0, 0.1) is 0 Å². The molecule has 2 heterocycles. The third-order valence-electron chi connectivity index (χ3n) is 2.53. The van der Waals surface area contributed by atoms with E-state index in [-0.39, 0.29) is 11.6 Å². The molecule has 1 aromatic carbocycles. The molecular formula is C11H8N2O3S. The Balaban J connectivity index is 2.25. The summed E-state index contributed by atoms with van der Waals surface area (Å²) in [5.74, 6) is -0.384. The number of thiazole rings is 1. The summed E-state index contributed by atoms with van der Waals surface area (Å²) in [7, 11) is 1.65. The molecule has 5 nitrogen and oxygen atoms in total. The maximum absolute atomic E-state index is 11.3. The van der Waals surface area contributed by atoms with Gasteiger partial charge in [0.15, 0.2) is 5.58 Å². The van der Waals surface area contributed by atoms with E-state index in [2.05, 4.69) is 4.98 Å². The van der Waals surface area contributed by atoms with Gasteiger partial charge >= 0.3 is 5.76 Å². The summed E-state index contributed by atoms with van der Waals surface area (Å²) in [6, 6.07) is 5.35. The maximum Gasteiger partial charge on any atom is 0.419 e. The maximum atomic E-state index is 11.3. The van der Waals surface area contributed by atoms with Crippen molar-refractivity contribution in [1.82, 2.24) is 9.55 Å². The Morgan fingerprint density at radius 1 is 1.47 bits per heavy atom. The Morgan fingerprint density at radius 2 is 2.29 bits per heavy atom. The summed E-state index contributed by atoms with van der Waals surface area (Å²) in [6.07, 6.45) is 0. The van der Waals surface area contributed by atoms with E-state index >= 15 is 0 Å². The zero-order valence-electron chi connectivity index (χ0n) is 8.88. The van der Waals surface area contributed by atoms with Gasteiger partial charge in [0.25, 0.3) is 0 Å². The second kappa shape index (κ2) is 3.46. The first-order valence-corrected chi connectivity index (χ1v) is 5.77. The quantitative estimate of drug-likeness (QED) is 0.714. The van der Waals surface area contributed by atoms with Gasteiger partial charge in [-0.2, -0.15) is 0 Å². The molecule has 3 aromatic rings. The first kappa shape index (κ1) is 10.1. The molecule has 3 rings (SSSR count). The van der Waals surface area contributed by atoms with Crippen molar-refractivity contribution in [2.24, 2.45) is 7.05 Å². The number of benzene rings is 1. The Labute approximate surface area is 99.6 Å². The van der Waals surface area contributed by atoms with Gasteiger partial charge in [-0.1, -0.05) is 0 Å². The van der Waals surface area contributed by atoms with Gasteiger partial charge in [0.05, 0.1) is 10.9 Å². The highest BCUT2D eigenvalue weighted by molar-refractivity contribution is 7.13. The molecule has 0 saturated heterocycles. The second-order valence-corrected chi connectivity index (χ2v) is 4.48. The van der Waals surface area contributed by atoms with E-state index in [1.165, 1.54) is 15.9 Å². The van der Waals surface area contributed by atoms with Crippen molar-refractivity contribution in [2.75, 3.05) is 0 Å². The summed E-state index contributed by atoms with van der Waals surface area (Å²) in [6.45, 7) is 0. The number of nitrogens with zero attached hydrogens (tertiary/aromatic N) is 2. The van der Waals surface area contributed by atoms with Gasteiger partial charge in [-0.05, 0) is 18.2 Å². The fraction of sp³-hybridized carbons (Fsp3) is 0.0909. The molecular weight excluding hydrogens is 240 g/mol. The van der Waals surface area contributed by atoms with Crippen molar-refractivity contribution >= 4 is 22.4 Å². The van der Waals surface area contributed by atoms with Gasteiger partial charge < -0.3 is 9.52 Å². The average molecular weight is 248 g/mol. The number of hydrogen-bond acceptors (Lipinski definition) is 5. The van der Waals surface area contributed by atoms with E-state index in [1.54, 1.807) is 18.5 Å². The molecule has 0 saturated carbocycles. The number of fused-ring (bicyclic) bond motifs is 1. The summed E-state index contributed by atoms with van der Waals surface area (Å²) < 4.78 is 6.47. The van der Waals surface area contributed by atoms with Crippen LogP contribution < -0.4 is 5.76 Å². The molecule has 0 amide bonds. The molecule has 0 aliphatic carbocycles. The molecule has 0 aliphatic heterocycles. The molecule has 0 bridgehead atoms. The van der Waals surface area contributed by atoms with Crippen LogP contribution in [0.5, 0.6) is 5.88 Å². The van der Waals surface area contributed by atoms with Crippen molar-refractivity contribution in [3.63, 3.8) is 0 Å². The Hall–Kier alpha value is -2.08. The number of aromatic nitrogens is 2. The van der Waals surface area contributed by atoms with Crippen LogP contribution >= 0.6 is 11.3 Å². The third kappa shape index (κ3) is 1.53. The summed E-state index contributed by atoms with van der Waals surface area (Å²) in [5.41, 5.74) is 2.10. The van der Waals surface area contributed by atoms with Crippen LogP contribution in [-0.2, 0) is 7.05 Å². The summed E-state index contributed by atoms with van der Waals surface area (Å²) >= 11 is 1.34. The van der Waals surface area contributed by atoms with Gasteiger partial charge in [0, 0.05) is 12.6 Å². The Morgan fingerprint density at radius 3 is 3.00 bits per heavy atom. The van der Waals surface area contributed by atoms with Crippen molar-refractivity contribution in [2.45, 2.75) is 0 Å². The lowest BCUT2D eigenvalue weighted by atomic mass is 10.2. The monoisotopic (exact) mass is 248 g/mol. The van der Waals surface area contributed by atoms with Crippen LogP contribution in [0.4, 0.5) is 0 Å². The molecule has 0 unspecified atom stereocenters. The number of oxazole rings is 1. The number of aromatic hydroxyl groups is 1. The highest BCUT2D eigenvalue weighted by Crippen LogP contribution is 2.28. The molecule has 0 atom stereocenters. The molecule has 17 heavy (non-hydrogen) atoms. The molecule has 86 valence electrons. The molecule has 0 spiro atoms. The second-order valence-electron chi connectivity index (χ2n) is 3.62. The molecule has 1 N–H and O–H groups in total. The zero-order chi connectivity index (χ0) is 12.0. The van der Waals surface area contributed by atoms with Gasteiger partial charge in [0.2, 0.25) is 5.88 Å². The number of rotatable bonds is 1. The SMILES string of the molecule is Cn1c(=O)oc2ccc(-c3nc(O)cs3)cc21. The number of hydrogen-bond donors (Lipinski definition) is 1. The van der Waals surface area contributed by atoms with E-state index in [0.29, 0.717) is 16.1 Å².